The van der Waals surface area contributed by atoms with E-state index in [1.807, 2.05) is 0 Å². The van der Waals surface area contributed by atoms with Crippen molar-refractivity contribution in [1.82, 2.24) is 25.3 Å². The highest BCUT2D eigenvalue weighted by Gasteiger charge is 2.21. The number of rotatable bonds is 10. The Morgan fingerprint density at radius 1 is 1.18 bits per heavy atom. The zero-order valence-corrected chi connectivity index (χ0v) is 17.8. The number of aromatic amines is 1. The number of aliphatic carboxylic acids is 1. The van der Waals surface area contributed by atoms with Gasteiger partial charge in [0.15, 0.2) is 11.2 Å². The SMILES string of the molecule is CCC(=O)CC[C@H](NC(=O)c1ccc(NCc2cnc3nc(N)[nH]c(=O)c3n2)cc1)C(=O)O. The van der Waals surface area contributed by atoms with E-state index >= 15 is 0 Å². The normalized spacial score (nSPS) is 11.7. The summed E-state index contributed by atoms with van der Waals surface area (Å²) in [4.78, 5) is 61.8. The van der Waals surface area contributed by atoms with Gasteiger partial charge in [0.05, 0.1) is 18.4 Å². The summed E-state index contributed by atoms with van der Waals surface area (Å²) >= 11 is 0. The molecular weight excluding hydrogens is 430 g/mol. The van der Waals surface area contributed by atoms with Crippen LogP contribution in [-0.2, 0) is 16.1 Å². The van der Waals surface area contributed by atoms with Crippen LogP contribution in [0.25, 0.3) is 11.2 Å². The van der Waals surface area contributed by atoms with E-state index < -0.39 is 23.5 Å². The largest absolute Gasteiger partial charge is 0.480 e. The highest BCUT2D eigenvalue weighted by Crippen LogP contribution is 2.12. The van der Waals surface area contributed by atoms with Gasteiger partial charge in [0.2, 0.25) is 5.95 Å². The Balaban J connectivity index is 1.61. The van der Waals surface area contributed by atoms with Crippen LogP contribution in [-0.4, -0.2) is 48.7 Å². The number of Topliss-reactive ketones (excluding diaryl/α,β-unsaturated/α-hetero) is 1. The fourth-order valence-corrected chi connectivity index (χ4v) is 2.97. The second kappa shape index (κ2) is 10.3. The van der Waals surface area contributed by atoms with Crippen LogP contribution in [0.1, 0.15) is 42.2 Å². The maximum absolute atomic E-state index is 12.4. The smallest absolute Gasteiger partial charge is 0.326 e. The number of ketones is 1. The lowest BCUT2D eigenvalue weighted by Crippen LogP contribution is -2.41. The number of fused-ring (bicyclic) bond motifs is 1. The number of anilines is 2. The number of nitrogens with two attached hydrogens (primary N) is 1. The average molecular weight is 453 g/mol. The Kier molecular flexibility index (Phi) is 7.28. The van der Waals surface area contributed by atoms with Gasteiger partial charge in [-0.05, 0) is 30.7 Å². The number of hydrogen-bond acceptors (Lipinski definition) is 9. The van der Waals surface area contributed by atoms with Crippen LogP contribution in [0.5, 0.6) is 0 Å². The molecule has 0 aliphatic carbocycles. The van der Waals surface area contributed by atoms with Gasteiger partial charge in [-0.1, -0.05) is 6.92 Å². The van der Waals surface area contributed by atoms with E-state index in [1.54, 1.807) is 19.1 Å². The van der Waals surface area contributed by atoms with Gasteiger partial charge in [-0.3, -0.25) is 19.4 Å². The zero-order valence-electron chi connectivity index (χ0n) is 17.8. The number of H-pyrrole nitrogens is 1. The molecule has 172 valence electrons. The zero-order chi connectivity index (χ0) is 24.0. The predicted octanol–water partition coefficient (Wildman–Crippen LogP) is 0.850. The summed E-state index contributed by atoms with van der Waals surface area (Å²) in [7, 11) is 0. The number of carboxylic acids is 1. The first-order chi connectivity index (χ1) is 15.8. The van der Waals surface area contributed by atoms with E-state index in [-0.39, 0.29) is 47.8 Å². The van der Waals surface area contributed by atoms with Crippen LogP contribution < -0.4 is 21.9 Å². The van der Waals surface area contributed by atoms with Gasteiger partial charge >= 0.3 is 5.97 Å². The Bertz CT molecular complexity index is 1240. The fourth-order valence-electron chi connectivity index (χ4n) is 2.97. The van der Waals surface area contributed by atoms with E-state index in [1.165, 1.54) is 18.3 Å². The van der Waals surface area contributed by atoms with Gasteiger partial charge in [0.1, 0.15) is 11.8 Å². The Morgan fingerprint density at radius 2 is 1.91 bits per heavy atom. The molecule has 0 unspecified atom stereocenters. The molecule has 0 saturated carbocycles. The molecule has 3 rings (SSSR count). The maximum Gasteiger partial charge on any atom is 0.326 e. The number of nitrogen functional groups attached to an aromatic ring is 1. The lowest BCUT2D eigenvalue weighted by molar-refractivity contribution is -0.139. The molecule has 3 aromatic rings. The van der Waals surface area contributed by atoms with E-state index in [2.05, 4.69) is 30.6 Å². The molecular formula is C21H23N7O5. The van der Waals surface area contributed by atoms with E-state index in [0.29, 0.717) is 17.8 Å². The number of nitrogens with zero attached hydrogens (tertiary/aromatic N) is 3. The van der Waals surface area contributed by atoms with Crippen molar-refractivity contribution in [3.8, 4) is 0 Å². The first-order valence-electron chi connectivity index (χ1n) is 10.2. The molecule has 0 radical (unpaired) electrons. The summed E-state index contributed by atoms with van der Waals surface area (Å²) in [5.74, 6) is -1.85. The summed E-state index contributed by atoms with van der Waals surface area (Å²) in [6.45, 7) is 1.96. The van der Waals surface area contributed by atoms with Gasteiger partial charge in [-0.15, -0.1) is 0 Å². The maximum atomic E-state index is 12.4. The van der Waals surface area contributed by atoms with Gasteiger partial charge < -0.3 is 21.5 Å². The second-order valence-electron chi connectivity index (χ2n) is 7.21. The average Bonchev–Trinajstić information content (AvgIpc) is 2.80. The van der Waals surface area contributed by atoms with Crippen molar-refractivity contribution in [1.29, 1.82) is 0 Å². The van der Waals surface area contributed by atoms with Crippen molar-refractivity contribution in [2.45, 2.75) is 38.8 Å². The third-order valence-electron chi connectivity index (χ3n) is 4.82. The lowest BCUT2D eigenvalue weighted by Gasteiger charge is -2.14. The number of nitrogens with one attached hydrogen (secondary N) is 3. The Morgan fingerprint density at radius 3 is 2.58 bits per heavy atom. The molecule has 1 atom stereocenters. The first-order valence-corrected chi connectivity index (χ1v) is 10.2. The number of carbonyl (C=O) groups is 3. The minimum absolute atomic E-state index is 0.0329. The number of carboxylic acid groups (broad SMARTS) is 1. The molecule has 1 amide bonds. The van der Waals surface area contributed by atoms with E-state index in [4.69, 9.17) is 5.73 Å². The highest BCUT2D eigenvalue weighted by atomic mass is 16.4. The van der Waals surface area contributed by atoms with Gasteiger partial charge in [-0.25, -0.2) is 14.8 Å². The van der Waals surface area contributed by atoms with E-state index in [9.17, 15) is 24.3 Å². The first kappa shape index (κ1) is 23.3. The number of amides is 1. The molecule has 0 aliphatic rings. The standard InChI is InChI=1S/C21H23N7O5/c1-2-14(29)7-8-15(20(32)33)26-18(30)11-3-5-12(6-4-11)23-9-13-10-24-17-16(25-13)19(31)28-21(22)27-17/h3-6,10,15,23H,2,7-9H2,1H3,(H,26,30)(H,32,33)(H3,22,24,27,28,31)/t15-/m0/s1. The van der Waals surface area contributed by atoms with Crippen molar-refractivity contribution >= 4 is 40.5 Å². The van der Waals surface area contributed by atoms with Crippen molar-refractivity contribution in [3.05, 3.63) is 52.1 Å². The minimum atomic E-state index is -1.20. The molecule has 0 bridgehead atoms. The van der Waals surface area contributed by atoms with E-state index in [0.717, 1.165) is 0 Å². The summed E-state index contributed by atoms with van der Waals surface area (Å²) in [5, 5.41) is 14.8. The van der Waals surface area contributed by atoms with Crippen LogP contribution in [0.3, 0.4) is 0 Å². The molecule has 0 aliphatic heterocycles. The Labute approximate surface area is 187 Å². The molecule has 2 heterocycles. The molecule has 12 heteroatoms. The van der Waals surface area contributed by atoms with Gasteiger partial charge in [0.25, 0.3) is 11.5 Å². The van der Waals surface area contributed by atoms with Crippen molar-refractivity contribution in [2.75, 3.05) is 11.1 Å². The number of aromatic nitrogens is 4. The summed E-state index contributed by atoms with van der Waals surface area (Å²) in [6.07, 6.45) is 1.91. The van der Waals surface area contributed by atoms with Crippen LogP contribution in [0.15, 0.2) is 35.3 Å². The molecule has 0 saturated heterocycles. The summed E-state index contributed by atoms with van der Waals surface area (Å²) in [5.41, 5.74) is 6.66. The molecule has 33 heavy (non-hydrogen) atoms. The van der Waals surface area contributed by atoms with Crippen LogP contribution in [0.2, 0.25) is 0 Å². The molecule has 2 aromatic heterocycles. The van der Waals surface area contributed by atoms with Crippen molar-refractivity contribution < 1.29 is 19.5 Å². The molecule has 6 N–H and O–H groups in total. The van der Waals surface area contributed by atoms with Gasteiger partial charge in [0, 0.05) is 24.1 Å². The second-order valence-corrected chi connectivity index (χ2v) is 7.21. The highest BCUT2D eigenvalue weighted by molar-refractivity contribution is 5.97. The fraction of sp³-hybridized carbons (Fsp3) is 0.286. The number of hydrogen-bond donors (Lipinski definition) is 5. The molecule has 0 spiro atoms. The van der Waals surface area contributed by atoms with Crippen LogP contribution >= 0.6 is 0 Å². The number of benzene rings is 1. The number of carbonyl (C=O) groups excluding carboxylic acids is 2. The molecule has 0 fully saturated rings. The van der Waals surface area contributed by atoms with Crippen molar-refractivity contribution in [3.63, 3.8) is 0 Å². The summed E-state index contributed by atoms with van der Waals surface area (Å²) in [6, 6.07) is 5.23. The Hall–Kier alpha value is -4.35. The minimum Gasteiger partial charge on any atom is -0.480 e. The quantitative estimate of drug-likeness (QED) is 0.294. The van der Waals surface area contributed by atoms with Crippen LogP contribution in [0, 0.1) is 0 Å². The predicted molar refractivity (Wildman–Crippen MR) is 120 cm³/mol. The topological polar surface area (TPSA) is 193 Å². The summed E-state index contributed by atoms with van der Waals surface area (Å²) < 4.78 is 0. The van der Waals surface area contributed by atoms with Gasteiger partial charge in [-0.2, -0.15) is 4.98 Å². The monoisotopic (exact) mass is 453 g/mol. The third kappa shape index (κ3) is 6.09. The van der Waals surface area contributed by atoms with Crippen molar-refractivity contribution in [2.24, 2.45) is 0 Å². The molecule has 12 nitrogen and oxygen atoms in total. The molecule has 1 aromatic carbocycles. The third-order valence-corrected chi connectivity index (χ3v) is 4.82. The lowest BCUT2D eigenvalue weighted by atomic mass is 10.1. The van der Waals surface area contributed by atoms with Crippen LogP contribution in [0.4, 0.5) is 11.6 Å².